The number of benzene rings is 2. The van der Waals surface area contributed by atoms with Crippen LogP contribution < -0.4 is 20.9 Å². The van der Waals surface area contributed by atoms with Crippen LogP contribution in [0.25, 0.3) is 0 Å². The van der Waals surface area contributed by atoms with Gasteiger partial charge in [-0.25, -0.2) is 4.79 Å². The second kappa shape index (κ2) is 10.5. The summed E-state index contributed by atoms with van der Waals surface area (Å²) in [6.45, 7) is 4.76. The predicted molar refractivity (Wildman–Crippen MR) is 116 cm³/mol. The van der Waals surface area contributed by atoms with E-state index >= 15 is 0 Å². The van der Waals surface area contributed by atoms with Gasteiger partial charge in [0.15, 0.2) is 0 Å². The quantitative estimate of drug-likeness (QED) is 0.676. The lowest BCUT2D eigenvalue weighted by molar-refractivity contribution is 0.0954. The molecule has 3 N–H and O–H groups in total. The average Bonchev–Trinajstić information content (AvgIpc) is 2.75. The Bertz CT molecular complexity index is 802. The first kappa shape index (κ1) is 20.7. The maximum atomic E-state index is 12.8. The van der Waals surface area contributed by atoms with Gasteiger partial charge in [-0.2, -0.15) is 0 Å². The fraction of sp³-hybridized carbons (Fsp3) is 0.391. The van der Waals surface area contributed by atoms with Crippen LogP contribution >= 0.6 is 0 Å². The van der Waals surface area contributed by atoms with Crippen LogP contribution in [0.5, 0.6) is 0 Å². The molecule has 2 aromatic carbocycles. The molecule has 1 heterocycles. The van der Waals surface area contributed by atoms with Gasteiger partial charge in [0.25, 0.3) is 5.91 Å². The smallest absolute Gasteiger partial charge is 0.314 e. The summed E-state index contributed by atoms with van der Waals surface area (Å²) in [6.07, 6.45) is 2.54. The summed E-state index contributed by atoms with van der Waals surface area (Å²) < 4.78 is 0. The van der Waals surface area contributed by atoms with Gasteiger partial charge in [0.2, 0.25) is 0 Å². The number of piperidine rings is 1. The van der Waals surface area contributed by atoms with Crippen molar-refractivity contribution < 1.29 is 9.59 Å². The van der Waals surface area contributed by atoms with Gasteiger partial charge in [-0.05, 0) is 43.9 Å². The lowest BCUT2D eigenvalue weighted by Crippen LogP contribution is -2.48. The summed E-state index contributed by atoms with van der Waals surface area (Å²) in [4.78, 5) is 26.7. The highest BCUT2D eigenvalue weighted by Gasteiger charge is 2.23. The zero-order valence-corrected chi connectivity index (χ0v) is 17.0. The third-order valence-corrected chi connectivity index (χ3v) is 5.20. The van der Waals surface area contributed by atoms with E-state index in [-0.39, 0.29) is 18.0 Å². The fourth-order valence-electron chi connectivity index (χ4n) is 3.66. The maximum Gasteiger partial charge on any atom is 0.314 e. The fourth-order valence-corrected chi connectivity index (χ4v) is 3.66. The first-order valence-corrected chi connectivity index (χ1v) is 10.4. The number of amides is 3. The lowest BCUT2D eigenvalue weighted by atomic mass is 10.0. The number of carbonyl (C=O) groups excluding carboxylic acids is 2. The van der Waals surface area contributed by atoms with Crippen LogP contribution in [0.4, 0.5) is 10.5 Å². The van der Waals surface area contributed by atoms with E-state index in [9.17, 15) is 9.59 Å². The molecule has 3 amide bonds. The Labute approximate surface area is 172 Å². The number of rotatable bonds is 7. The molecule has 1 aliphatic heterocycles. The average molecular weight is 395 g/mol. The minimum Gasteiger partial charge on any atom is -0.371 e. The van der Waals surface area contributed by atoms with Crippen molar-refractivity contribution in [2.45, 2.75) is 32.2 Å². The number of hydrogen-bond acceptors (Lipinski definition) is 3. The predicted octanol–water partition coefficient (Wildman–Crippen LogP) is 2.95. The third kappa shape index (κ3) is 5.98. The number of hydrogen-bond donors (Lipinski definition) is 3. The molecule has 1 fully saturated rings. The lowest BCUT2D eigenvalue weighted by Gasteiger charge is -2.34. The van der Waals surface area contributed by atoms with Crippen LogP contribution in [0.1, 0.15) is 35.7 Å². The van der Waals surface area contributed by atoms with Gasteiger partial charge in [0.1, 0.15) is 0 Å². The molecule has 2 aromatic rings. The van der Waals surface area contributed by atoms with E-state index in [2.05, 4.69) is 33.0 Å². The van der Waals surface area contributed by atoms with Gasteiger partial charge >= 0.3 is 6.03 Å². The zero-order valence-electron chi connectivity index (χ0n) is 17.0. The van der Waals surface area contributed by atoms with E-state index in [1.165, 1.54) is 5.56 Å². The van der Waals surface area contributed by atoms with Crippen LogP contribution in [0, 0.1) is 0 Å². The van der Waals surface area contributed by atoms with Crippen molar-refractivity contribution in [3.8, 4) is 0 Å². The van der Waals surface area contributed by atoms with Crippen LogP contribution in [0.2, 0.25) is 0 Å². The van der Waals surface area contributed by atoms with Crippen molar-refractivity contribution in [2.75, 3.05) is 31.1 Å². The molecule has 29 heavy (non-hydrogen) atoms. The molecule has 0 radical (unpaired) electrons. The largest absolute Gasteiger partial charge is 0.371 e. The van der Waals surface area contributed by atoms with Crippen molar-refractivity contribution in [1.82, 2.24) is 16.0 Å². The molecule has 3 rings (SSSR count). The molecule has 6 nitrogen and oxygen atoms in total. The molecule has 6 heteroatoms. The van der Waals surface area contributed by atoms with E-state index < -0.39 is 0 Å². The molecule has 0 bridgehead atoms. The summed E-state index contributed by atoms with van der Waals surface area (Å²) >= 11 is 0. The third-order valence-electron chi connectivity index (χ3n) is 5.20. The zero-order chi connectivity index (χ0) is 20.5. The van der Waals surface area contributed by atoms with E-state index in [0.717, 1.165) is 38.0 Å². The topological polar surface area (TPSA) is 73.5 Å². The van der Waals surface area contributed by atoms with E-state index in [1.807, 2.05) is 49.4 Å². The van der Waals surface area contributed by atoms with Crippen molar-refractivity contribution >= 4 is 17.6 Å². The maximum absolute atomic E-state index is 12.8. The standard InChI is InChI=1S/C23H30N4O2/c1-2-24-23(29)26-19-13-16-27(17-14-19)21-11-7-6-10-20(21)22(28)25-15-12-18-8-4-3-5-9-18/h3-11,19H,2,12-17H2,1H3,(H,25,28)(H2,24,26,29). The van der Waals surface area contributed by atoms with Gasteiger partial charge in [-0.15, -0.1) is 0 Å². The Balaban J connectivity index is 1.55. The minimum atomic E-state index is -0.107. The van der Waals surface area contributed by atoms with Crippen molar-refractivity contribution in [3.05, 3.63) is 65.7 Å². The highest BCUT2D eigenvalue weighted by atomic mass is 16.2. The molecule has 1 aliphatic rings. The van der Waals surface area contributed by atoms with Crippen LogP contribution in [-0.4, -0.2) is 44.2 Å². The molecule has 0 aliphatic carbocycles. The number of para-hydroxylation sites is 1. The summed E-state index contributed by atoms with van der Waals surface area (Å²) in [5.74, 6) is -0.0425. The molecule has 0 saturated carbocycles. The van der Waals surface area contributed by atoms with Crippen molar-refractivity contribution in [1.29, 1.82) is 0 Å². The number of urea groups is 1. The van der Waals surface area contributed by atoms with Crippen LogP contribution in [0.15, 0.2) is 54.6 Å². The monoisotopic (exact) mass is 394 g/mol. The second-order valence-electron chi connectivity index (χ2n) is 7.27. The van der Waals surface area contributed by atoms with Gasteiger partial charge < -0.3 is 20.9 Å². The molecule has 154 valence electrons. The van der Waals surface area contributed by atoms with Crippen LogP contribution in [0.3, 0.4) is 0 Å². The van der Waals surface area contributed by atoms with E-state index in [4.69, 9.17) is 0 Å². The Kier molecular flexibility index (Phi) is 7.50. The Hall–Kier alpha value is -3.02. The number of carbonyl (C=O) groups is 2. The molecule has 0 unspecified atom stereocenters. The highest BCUT2D eigenvalue weighted by Crippen LogP contribution is 2.24. The normalized spacial score (nSPS) is 14.3. The molecule has 0 spiro atoms. The van der Waals surface area contributed by atoms with E-state index in [1.54, 1.807) is 0 Å². The Morgan fingerprint density at radius 1 is 0.966 bits per heavy atom. The molecule has 0 atom stereocenters. The van der Waals surface area contributed by atoms with Crippen LogP contribution in [-0.2, 0) is 6.42 Å². The Morgan fingerprint density at radius 2 is 1.66 bits per heavy atom. The Morgan fingerprint density at radius 3 is 2.38 bits per heavy atom. The summed E-state index contributed by atoms with van der Waals surface area (Å²) in [6, 6.07) is 18.0. The molecule has 1 saturated heterocycles. The van der Waals surface area contributed by atoms with Gasteiger partial charge in [-0.1, -0.05) is 42.5 Å². The second-order valence-corrected chi connectivity index (χ2v) is 7.27. The summed E-state index contributed by atoms with van der Waals surface area (Å²) in [5.41, 5.74) is 2.87. The van der Waals surface area contributed by atoms with E-state index in [0.29, 0.717) is 18.7 Å². The number of anilines is 1. The van der Waals surface area contributed by atoms with Gasteiger partial charge in [0.05, 0.1) is 5.56 Å². The van der Waals surface area contributed by atoms with Crippen molar-refractivity contribution in [3.63, 3.8) is 0 Å². The first-order chi connectivity index (χ1) is 14.2. The van der Waals surface area contributed by atoms with Gasteiger partial charge in [0, 0.05) is 37.9 Å². The molecular weight excluding hydrogens is 364 g/mol. The summed E-state index contributed by atoms with van der Waals surface area (Å²) in [5, 5.41) is 8.84. The first-order valence-electron chi connectivity index (χ1n) is 10.4. The summed E-state index contributed by atoms with van der Waals surface area (Å²) in [7, 11) is 0. The number of nitrogens with zero attached hydrogens (tertiary/aromatic N) is 1. The van der Waals surface area contributed by atoms with Crippen molar-refractivity contribution in [2.24, 2.45) is 0 Å². The number of nitrogens with one attached hydrogen (secondary N) is 3. The minimum absolute atomic E-state index is 0.0425. The molecular formula is C23H30N4O2. The SMILES string of the molecule is CCNC(=O)NC1CCN(c2ccccc2C(=O)NCCc2ccccc2)CC1. The van der Waals surface area contributed by atoms with Gasteiger partial charge in [-0.3, -0.25) is 4.79 Å². The molecule has 0 aromatic heterocycles. The highest BCUT2D eigenvalue weighted by molar-refractivity contribution is 5.99.